The molecule has 0 saturated carbocycles. The second-order valence-electron chi connectivity index (χ2n) is 3.12. The summed E-state index contributed by atoms with van der Waals surface area (Å²) in [5.41, 5.74) is 0. The van der Waals surface area contributed by atoms with Crippen molar-refractivity contribution in [3.8, 4) is 0 Å². The normalized spacial score (nSPS) is 41.2. The Hall–Kier alpha value is -0.370. The molecule has 0 aromatic heterocycles. The Kier molecular flexibility index (Phi) is 2.44. The zero-order valence-electron chi connectivity index (χ0n) is 6.54. The Morgan fingerprint density at radius 2 is 1.80 bits per heavy atom. The van der Waals surface area contributed by atoms with E-state index >= 15 is 0 Å². The molecule has 1 rings (SSSR count). The van der Waals surface area contributed by atoms with Gasteiger partial charge in [0.15, 0.2) is 0 Å². The summed E-state index contributed by atoms with van der Waals surface area (Å²) in [4.78, 5) is 10.4. The Labute approximate surface area is 61.6 Å². The van der Waals surface area contributed by atoms with Gasteiger partial charge in [-0.1, -0.05) is 0 Å². The van der Waals surface area contributed by atoms with Gasteiger partial charge in [-0.25, -0.2) is 0 Å². The third kappa shape index (κ3) is 1.81. The fourth-order valence-corrected chi connectivity index (χ4v) is 1.57. The predicted octanol–water partition coefficient (Wildman–Crippen LogP) is 1.39. The van der Waals surface area contributed by atoms with Crippen LogP contribution in [0.25, 0.3) is 0 Å². The van der Waals surface area contributed by atoms with Gasteiger partial charge in [-0.3, -0.25) is 0 Å². The summed E-state index contributed by atoms with van der Waals surface area (Å²) in [5, 5.41) is 0. The quantitative estimate of drug-likeness (QED) is 0.517. The summed E-state index contributed by atoms with van der Waals surface area (Å²) < 4.78 is 5.46. The van der Waals surface area contributed by atoms with Crippen LogP contribution in [-0.4, -0.2) is 18.5 Å². The molecule has 0 radical (unpaired) electrons. The van der Waals surface area contributed by atoms with Gasteiger partial charge in [0, 0.05) is 5.92 Å². The minimum Gasteiger partial charge on any atom is -0.376 e. The zero-order valence-corrected chi connectivity index (χ0v) is 6.54. The van der Waals surface area contributed by atoms with Crippen LogP contribution in [0.15, 0.2) is 0 Å². The van der Waals surface area contributed by atoms with E-state index in [0.29, 0.717) is 0 Å². The van der Waals surface area contributed by atoms with E-state index in [1.807, 2.05) is 13.8 Å². The number of carbonyl (C=O) groups excluding carboxylic acids is 1. The maximum absolute atomic E-state index is 10.4. The average Bonchev–Trinajstić information content (AvgIpc) is 1.85. The molecule has 2 atom stereocenters. The molecule has 0 aliphatic carbocycles. The van der Waals surface area contributed by atoms with E-state index < -0.39 is 0 Å². The number of aldehydes is 1. The molecule has 0 unspecified atom stereocenters. The average molecular weight is 142 g/mol. The number of ether oxygens (including phenoxy) is 1. The van der Waals surface area contributed by atoms with Gasteiger partial charge >= 0.3 is 0 Å². The molecule has 58 valence electrons. The molecule has 0 N–H and O–H groups in total. The van der Waals surface area contributed by atoms with Crippen molar-refractivity contribution in [2.75, 3.05) is 0 Å². The lowest BCUT2D eigenvalue weighted by Gasteiger charge is -2.28. The van der Waals surface area contributed by atoms with E-state index in [1.165, 1.54) is 0 Å². The first-order valence-corrected chi connectivity index (χ1v) is 3.83. The van der Waals surface area contributed by atoms with Gasteiger partial charge < -0.3 is 9.53 Å². The highest BCUT2D eigenvalue weighted by Crippen LogP contribution is 2.22. The summed E-state index contributed by atoms with van der Waals surface area (Å²) in [5.74, 6) is 0.235. The van der Waals surface area contributed by atoms with Crippen molar-refractivity contribution in [1.29, 1.82) is 0 Å². The molecule has 1 aliphatic heterocycles. The molecule has 0 amide bonds. The number of carbonyl (C=O) groups is 1. The highest BCUT2D eigenvalue weighted by atomic mass is 16.5. The van der Waals surface area contributed by atoms with Crippen LogP contribution in [-0.2, 0) is 9.53 Å². The van der Waals surface area contributed by atoms with Gasteiger partial charge in [-0.2, -0.15) is 0 Å². The first-order valence-electron chi connectivity index (χ1n) is 3.83. The van der Waals surface area contributed by atoms with Crippen LogP contribution in [0.2, 0.25) is 0 Å². The molecule has 1 fully saturated rings. The second-order valence-corrected chi connectivity index (χ2v) is 3.12. The summed E-state index contributed by atoms with van der Waals surface area (Å²) in [6, 6.07) is 0. The van der Waals surface area contributed by atoms with Crippen LogP contribution in [0.4, 0.5) is 0 Å². The van der Waals surface area contributed by atoms with Gasteiger partial charge in [-0.15, -0.1) is 0 Å². The fourth-order valence-electron chi connectivity index (χ4n) is 1.57. The molecule has 10 heavy (non-hydrogen) atoms. The molecular formula is C8H14O2. The minimum absolute atomic E-state index is 0.235. The Balaban J connectivity index is 2.42. The third-order valence-corrected chi connectivity index (χ3v) is 1.93. The van der Waals surface area contributed by atoms with Gasteiger partial charge in [-0.05, 0) is 26.7 Å². The summed E-state index contributed by atoms with van der Waals surface area (Å²) in [6.07, 6.45) is 3.37. The topological polar surface area (TPSA) is 26.3 Å². The van der Waals surface area contributed by atoms with Crippen molar-refractivity contribution in [2.45, 2.75) is 38.9 Å². The summed E-state index contributed by atoms with van der Waals surface area (Å²) in [6.45, 7) is 4.04. The second kappa shape index (κ2) is 3.15. The standard InChI is InChI=1S/C8H14O2/c1-6-3-8(5-9)4-7(2)10-6/h5-8H,3-4H2,1-2H3/t6-,7-/m0/s1. The lowest BCUT2D eigenvalue weighted by molar-refractivity contribution is -0.119. The van der Waals surface area contributed by atoms with Gasteiger partial charge in [0.2, 0.25) is 0 Å². The van der Waals surface area contributed by atoms with Crippen LogP contribution >= 0.6 is 0 Å². The van der Waals surface area contributed by atoms with E-state index in [0.717, 1.165) is 19.1 Å². The molecule has 2 heteroatoms. The van der Waals surface area contributed by atoms with Crippen molar-refractivity contribution < 1.29 is 9.53 Å². The molecule has 0 bridgehead atoms. The highest BCUT2D eigenvalue weighted by molar-refractivity contribution is 5.53. The molecule has 0 aromatic carbocycles. The Morgan fingerprint density at radius 3 is 2.20 bits per heavy atom. The van der Waals surface area contributed by atoms with E-state index in [2.05, 4.69) is 0 Å². The highest BCUT2D eigenvalue weighted by Gasteiger charge is 2.23. The van der Waals surface area contributed by atoms with Gasteiger partial charge in [0.05, 0.1) is 12.2 Å². The molecule has 0 aromatic rings. The minimum atomic E-state index is 0.235. The maximum Gasteiger partial charge on any atom is 0.123 e. The van der Waals surface area contributed by atoms with E-state index in [9.17, 15) is 4.79 Å². The number of hydrogen-bond donors (Lipinski definition) is 0. The Bertz CT molecular complexity index is 112. The first-order chi connectivity index (χ1) is 4.72. The van der Waals surface area contributed by atoms with Gasteiger partial charge in [0.1, 0.15) is 6.29 Å². The lowest BCUT2D eigenvalue weighted by atomic mass is 9.94. The maximum atomic E-state index is 10.4. The van der Waals surface area contributed by atoms with Crippen LogP contribution in [0.5, 0.6) is 0 Å². The molecular weight excluding hydrogens is 128 g/mol. The van der Waals surface area contributed by atoms with Crippen molar-refractivity contribution in [2.24, 2.45) is 5.92 Å². The van der Waals surface area contributed by atoms with Crippen molar-refractivity contribution in [1.82, 2.24) is 0 Å². The molecule has 2 nitrogen and oxygen atoms in total. The first kappa shape index (κ1) is 7.73. The molecule has 1 heterocycles. The Morgan fingerprint density at radius 1 is 1.30 bits per heavy atom. The van der Waals surface area contributed by atoms with Crippen LogP contribution in [0.1, 0.15) is 26.7 Å². The largest absolute Gasteiger partial charge is 0.376 e. The van der Waals surface area contributed by atoms with Crippen molar-refractivity contribution >= 4 is 6.29 Å². The molecule has 0 spiro atoms. The van der Waals surface area contributed by atoms with Crippen molar-refractivity contribution in [3.63, 3.8) is 0 Å². The van der Waals surface area contributed by atoms with E-state index in [4.69, 9.17) is 4.74 Å². The lowest BCUT2D eigenvalue weighted by Crippen LogP contribution is -2.29. The van der Waals surface area contributed by atoms with Crippen LogP contribution in [0.3, 0.4) is 0 Å². The van der Waals surface area contributed by atoms with Crippen molar-refractivity contribution in [3.05, 3.63) is 0 Å². The third-order valence-electron chi connectivity index (χ3n) is 1.93. The SMILES string of the molecule is C[C@H]1CC(C=O)C[C@H](C)O1. The fraction of sp³-hybridized carbons (Fsp3) is 0.875. The zero-order chi connectivity index (χ0) is 7.56. The number of hydrogen-bond acceptors (Lipinski definition) is 2. The summed E-state index contributed by atoms with van der Waals surface area (Å²) >= 11 is 0. The van der Waals surface area contributed by atoms with Crippen LogP contribution < -0.4 is 0 Å². The van der Waals surface area contributed by atoms with Gasteiger partial charge in [0.25, 0.3) is 0 Å². The molecule has 1 aliphatic rings. The van der Waals surface area contributed by atoms with Crippen LogP contribution in [0, 0.1) is 5.92 Å². The monoisotopic (exact) mass is 142 g/mol. The van der Waals surface area contributed by atoms with E-state index in [-0.39, 0.29) is 18.1 Å². The number of rotatable bonds is 1. The summed E-state index contributed by atoms with van der Waals surface area (Å²) in [7, 11) is 0. The smallest absolute Gasteiger partial charge is 0.123 e. The predicted molar refractivity (Wildman–Crippen MR) is 38.8 cm³/mol. The molecule has 1 saturated heterocycles. The van der Waals surface area contributed by atoms with E-state index in [1.54, 1.807) is 0 Å².